The van der Waals surface area contributed by atoms with Gasteiger partial charge in [0.05, 0.1) is 10.9 Å². The van der Waals surface area contributed by atoms with Crippen molar-refractivity contribution in [3.63, 3.8) is 0 Å². The Morgan fingerprint density at radius 1 is 1.22 bits per heavy atom. The number of anilines is 1. The molecule has 0 unspecified atom stereocenters. The highest BCUT2D eigenvalue weighted by molar-refractivity contribution is 7.94. The first-order chi connectivity index (χ1) is 12.7. The van der Waals surface area contributed by atoms with Gasteiger partial charge in [0.25, 0.3) is 0 Å². The minimum Gasteiger partial charge on any atom is -0.381 e. The fourth-order valence-corrected chi connectivity index (χ4v) is 5.09. The molecule has 0 aliphatic carbocycles. The van der Waals surface area contributed by atoms with Crippen LogP contribution in [-0.2, 0) is 26.4 Å². The molecule has 0 atom stereocenters. The van der Waals surface area contributed by atoms with E-state index >= 15 is 0 Å². The van der Waals surface area contributed by atoms with Crippen LogP contribution in [0.25, 0.3) is 11.3 Å². The fourth-order valence-electron chi connectivity index (χ4n) is 3.13. The Labute approximate surface area is 159 Å². The Morgan fingerprint density at radius 3 is 2.48 bits per heavy atom. The number of rotatable bonds is 5. The summed E-state index contributed by atoms with van der Waals surface area (Å²) < 4.78 is 31.3. The van der Waals surface area contributed by atoms with Gasteiger partial charge in [-0.05, 0) is 26.7 Å². The molecule has 2 heterocycles. The summed E-state index contributed by atoms with van der Waals surface area (Å²) in [4.78, 5) is 12.9. The molecule has 7 nitrogen and oxygen atoms in total. The predicted octanol–water partition coefficient (Wildman–Crippen LogP) is 2.40. The highest BCUT2D eigenvalue weighted by Crippen LogP contribution is 2.29. The SMILES string of the molecule is Cn1nc(-c2ccccc2)cc1NC(=O)C(C)(C)S(=O)(=O)C1CCOCC1. The molecule has 1 aromatic heterocycles. The molecule has 1 saturated heterocycles. The van der Waals surface area contributed by atoms with E-state index in [1.165, 1.54) is 18.5 Å². The lowest BCUT2D eigenvalue weighted by Gasteiger charge is -2.31. The number of carbonyl (C=O) groups excluding carboxylic acids is 1. The van der Waals surface area contributed by atoms with Gasteiger partial charge < -0.3 is 10.1 Å². The van der Waals surface area contributed by atoms with Crippen molar-refractivity contribution in [2.24, 2.45) is 7.05 Å². The third-order valence-electron chi connectivity index (χ3n) is 5.06. The second-order valence-corrected chi connectivity index (χ2v) is 10.0. The van der Waals surface area contributed by atoms with Crippen molar-refractivity contribution in [1.29, 1.82) is 0 Å². The number of hydrogen-bond donors (Lipinski definition) is 1. The molecule has 1 aliphatic heterocycles. The monoisotopic (exact) mass is 391 g/mol. The summed E-state index contributed by atoms with van der Waals surface area (Å²) in [5.41, 5.74) is 1.63. The average molecular weight is 391 g/mol. The molecule has 1 fully saturated rings. The molecule has 1 amide bonds. The summed E-state index contributed by atoms with van der Waals surface area (Å²) in [5, 5.41) is 6.58. The van der Waals surface area contributed by atoms with E-state index in [9.17, 15) is 13.2 Å². The molecule has 1 N–H and O–H groups in total. The molecule has 27 heavy (non-hydrogen) atoms. The molecule has 0 bridgehead atoms. The van der Waals surface area contributed by atoms with E-state index in [0.29, 0.717) is 37.6 Å². The fraction of sp³-hybridized carbons (Fsp3) is 0.474. The van der Waals surface area contributed by atoms with Gasteiger partial charge in [0.15, 0.2) is 9.84 Å². The van der Waals surface area contributed by atoms with Crippen molar-refractivity contribution in [2.75, 3.05) is 18.5 Å². The molecule has 1 aromatic carbocycles. The first-order valence-corrected chi connectivity index (χ1v) is 10.5. The first-order valence-electron chi connectivity index (χ1n) is 8.95. The largest absolute Gasteiger partial charge is 0.381 e. The zero-order chi connectivity index (χ0) is 19.7. The quantitative estimate of drug-likeness (QED) is 0.845. The summed E-state index contributed by atoms with van der Waals surface area (Å²) in [7, 11) is -1.95. The molecular weight excluding hydrogens is 366 g/mol. The Kier molecular flexibility index (Phi) is 5.39. The van der Waals surface area contributed by atoms with Crippen molar-refractivity contribution < 1.29 is 17.9 Å². The topological polar surface area (TPSA) is 90.3 Å². The number of nitrogens with one attached hydrogen (secondary N) is 1. The molecule has 3 rings (SSSR count). The average Bonchev–Trinajstić information content (AvgIpc) is 3.03. The van der Waals surface area contributed by atoms with Gasteiger partial charge in [0, 0.05) is 31.9 Å². The third kappa shape index (κ3) is 3.77. The van der Waals surface area contributed by atoms with Crippen molar-refractivity contribution >= 4 is 21.6 Å². The Hall–Kier alpha value is -2.19. The molecule has 8 heteroatoms. The summed E-state index contributed by atoms with van der Waals surface area (Å²) in [6.07, 6.45) is 0.839. The maximum atomic E-state index is 13.0. The van der Waals surface area contributed by atoms with Crippen LogP contribution in [0.5, 0.6) is 0 Å². The van der Waals surface area contributed by atoms with Crippen LogP contribution >= 0.6 is 0 Å². The van der Waals surface area contributed by atoms with E-state index in [1.807, 2.05) is 30.3 Å². The lowest BCUT2D eigenvalue weighted by molar-refractivity contribution is -0.117. The Balaban J connectivity index is 1.81. The van der Waals surface area contributed by atoms with E-state index in [1.54, 1.807) is 13.1 Å². The van der Waals surface area contributed by atoms with Gasteiger partial charge in [-0.3, -0.25) is 9.48 Å². The van der Waals surface area contributed by atoms with Crippen LogP contribution in [0, 0.1) is 0 Å². The lowest BCUT2D eigenvalue weighted by Crippen LogP contribution is -2.50. The zero-order valence-electron chi connectivity index (χ0n) is 15.8. The number of hydrogen-bond acceptors (Lipinski definition) is 5. The van der Waals surface area contributed by atoms with E-state index in [-0.39, 0.29) is 0 Å². The van der Waals surface area contributed by atoms with Crippen LogP contribution in [0.15, 0.2) is 36.4 Å². The summed E-state index contributed by atoms with van der Waals surface area (Å²) in [6, 6.07) is 11.3. The molecule has 146 valence electrons. The normalized spacial score (nSPS) is 16.3. The number of ether oxygens (including phenoxy) is 1. The standard InChI is InChI=1S/C19H25N3O4S/c1-19(2,27(24,25)15-9-11-26-12-10-15)18(23)20-17-13-16(21-22(17)3)14-7-5-4-6-8-14/h4-8,13,15H,9-12H2,1-3H3,(H,20,23). The second kappa shape index (κ2) is 7.44. The van der Waals surface area contributed by atoms with Crippen LogP contribution in [0.2, 0.25) is 0 Å². The van der Waals surface area contributed by atoms with Gasteiger partial charge in [-0.15, -0.1) is 0 Å². The van der Waals surface area contributed by atoms with Crippen LogP contribution in [0.4, 0.5) is 5.82 Å². The van der Waals surface area contributed by atoms with Gasteiger partial charge in [-0.25, -0.2) is 8.42 Å². The summed E-state index contributed by atoms with van der Waals surface area (Å²) in [6.45, 7) is 3.73. The van der Waals surface area contributed by atoms with Crippen molar-refractivity contribution in [2.45, 2.75) is 36.7 Å². The lowest BCUT2D eigenvalue weighted by atomic mass is 10.1. The number of carbonyl (C=O) groups is 1. The van der Waals surface area contributed by atoms with Gasteiger partial charge >= 0.3 is 0 Å². The van der Waals surface area contributed by atoms with Crippen LogP contribution in [0.3, 0.4) is 0 Å². The molecule has 0 spiro atoms. The number of aryl methyl sites for hydroxylation is 1. The first kappa shape index (κ1) is 19.6. The zero-order valence-corrected chi connectivity index (χ0v) is 16.6. The van der Waals surface area contributed by atoms with Crippen LogP contribution in [0.1, 0.15) is 26.7 Å². The van der Waals surface area contributed by atoms with E-state index in [0.717, 1.165) is 5.56 Å². The molecule has 1 aliphatic rings. The van der Waals surface area contributed by atoms with Crippen LogP contribution < -0.4 is 5.32 Å². The minimum absolute atomic E-state index is 0.407. The highest BCUT2D eigenvalue weighted by atomic mass is 32.2. The Bertz CT molecular complexity index is 914. The van der Waals surface area contributed by atoms with Crippen LogP contribution in [-0.4, -0.2) is 47.3 Å². The summed E-state index contributed by atoms with van der Waals surface area (Å²) in [5.74, 6) is -0.106. The van der Waals surface area contributed by atoms with Gasteiger partial charge in [0.2, 0.25) is 5.91 Å². The van der Waals surface area contributed by atoms with Crippen molar-refractivity contribution in [1.82, 2.24) is 9.78 Å². The third-order valence-corrected chi connectivity index (χ3v) is 8.01. The number of amides is 1. The predicted molar refractivity (Wildman–Crippen MR) is 104 cm³/mol. The van der Waals surface area contributed by atoms with E-state index in [2.05, 4.69) is 10.4 Å². The molecule has 2 aromatic rings. The minimum atomic E-state index is -3.66. The summed E-state index contributed by atoms with van der Waals surface area (Å²) >= 11 is 0. The van der Waals surface area contributed by atoms with Gasteiger partial charge in [-0.1, -0.05) is 30.3 Å². The smallest absolute Gasteiger partial charge is 0.246 e. The number of nitrogens with zero attached hydrogens (tertiary/aromatic N) is 2. The molecule has 0 radical (unpaired) electrons. The van der Waals surface area contributed by atoms with Crippen molar-refractivity contribution in [3.8, 4) is 11.3 Å². The maximum Gasteiger partial charge on any atom is 0.246 e. The number of sulfone groups is 1. The van der Waals surface area contributed by atoms with E-state index in [4.69, 9.17) is 4.74 Å². The van der Waals surface area contributed by atoms with Gasteiger partial charge in [-0.2, -0.15) is 5.10 Å². The van der Waals surface area contributed by atoms with E-state index < -0.39 is 25.7 Å². The Morgan fingerprint density at radius 2 is 1.85 bits per heavy atom. The second-order valence-electron chi connectivity index (χ2n) is 7.23. The molecular formula is C19H25N3O4S. The highest BCUT2D eigenvalue weighted by Gasteiger charge is 2.46. The van der Waals surface area contributed by atoms with Crippen molar-refractivity contribution in [3.05, 3.63) is 36.4 Å². The molecule has 0 saturated carbocycles. The maximum absolute atomic E-state index is 13.0. The number of benzene rings is 1. The van der Waals surface area contributed by atoms with Gasteiger partial charge in [0.1, 0.15) is 10.6 Å². The number of aromatic nitrogens is 2.